The first-order valence-corrected chi connectivity index (χ1v) is 7.15. The molecule has 2 rings (SSSR count). The third-order valence-electron chi connectivity index (χ3n) is 2.92. The number of hydrogen-bond donors (Lipinski definition) is 0. The quantitative estimate of drug-likeness (QED) is 0.625. The van der Waals surface area contributed by atoms with Gasteiger partial charge in [0.25, 0.3) is 0 Å². The number of rotatable bonds is 5. The number of pyridine rings is 1. The zero-order chi connectivity index (χ0) is 16.1. The van der Waals surface area contributed by atoms with Crippen LogP contribution < -0.4 is 0 Å². The molecule has 6 nitrogen and oxygen atoms in total. The van der Waals surface area contributed by atoms with Crippen molar-refractivity contribution < 1.29 is 9.53 Å². The van der Waals surface area contributed by atoms with Gasteiger partial charge in [-0.2, -0.15) is 10.4 Å². The van der Waals surface area contributed by atoms with Crippen LogP contribution in [0.25, 0.3) is 5.82 Å². The summed E-state index contributed by atoms with van der Waals surface area (Å²) >= 11 is 6.02. The smallest absolute Gasteiger partial charge is 0.358 e. The number of ether oxygens (including phenoxy) is 1. The van der Waals surface area contributed by atoms with Crippen LogP contribution in [0.15, 0.2) is 18.2 Å². The largest absolute Gasteiger partial charge is 0.461 e. The van der Waals surface area contributed by atoms with Gasteiger partial charge in [0.15, 0.2) is 11.5 Å². The van der Waals surface area contributed by atoms with Gasteiger partial charge in [0, 0.05) is 12.1 Å². The van der Waals surface area contributed by atoms with E-state index >= 15 is 0 Å². The Morgan fingerprint density at radius 3 is 2.86 bits per heavy atom. The Morgan fingerprint density at radius 1 is 1.45 bits per heavy atom. The predicted molar refractivity (Wildman–Crippen MR) is 81.0 cm³/mol. The topological polar surface area (TPSA) is 80.8 Å². The van der Waals surface area contributed by atoms with Gasteiger partial charge >= 0.3 is 5.97 Å². The number of aromatic nitrogens is 3. The Bertz CT molecular complexity index is 734. The van der Waals surface area contributed by atoms with E-state index in [0.717, 1.165) is 11.4 Å². The number of carbonyl (C=O) groups excluding carboxylic acids is 1. The molecule has 0 saturated heterocycles. The van der Waals surface area contributed by atoms with E-state index in [1.54, 1.807) is 16.8 Å². The van der Waals surface area contributed by atoms with E-state index in [0.29, 0.717) is 18.7 Å². The van der Waals surface area contributed by atoms with Crippen molar-refractivity contribution in [2.75, 3.05) is 6.61 Å². The fourth-order valence-electron chi connectivity index (χ4n) is 1.94. The van der Waals surface area contributed by atoms with Crippen LogP contribution >= 0.6 is 11.6 Å². The van der Waals surface area contributed by atoms with Crippen LogP contribution in [-0.4, -0.2) is 27.3 Å². The molecule has 0 bridgehead atoms. The summed E-state index contributed by atoms with van der Waals surface area (Å²) in [5.74, 6) is -0.106. The summed E-state index contributed by atoms with van der Waals surface area (Å²) in [5, 5.41) is 13.0. The monoisotopic (exact) mass is 318 g/mol. The Hall–Kier alpha value is -2.39. The highest BCUT2D eigenvalue weighted by molar-refractivity contribution is 6.33. The maximum atomic E-state index is 12.0. The number of unbranched alkanes of at least 4 members (excludes halogenated alkanes) is 1. The lowest BCUT2D eigenvalue weighted by Crippen LogP contribution is -2.12. The van der Waals surface area contributed by atoms with E-state index in [-0.39, 0.29) is 17.3 Å². The molecule has 0 aliphatic carbocycles. The number of nitriles is 1. The van der Waals surface area contributed by atoms with Gasteiger partial charge in [-0.15, -0.1) is 0 Å². The standard InChI is InChI=1S/C15H15ClN4O2/c1-10-9-11(2)20(19-10)13-6-5-12(16)14(18-13)15(21)22-8-4-3-7-17/h5-6,9H,3-4,8H2,1-2H3. The maximum absolute atomic E-state index is 12.0. The van der Waals surface area contributed by atoms with Gasteiger partial charge in [0.2, 0.25) is 0 Å². The number of nitrogens with zero attached hydrogens (tertiary/aromatic N) is 4. The van der Waals surface area contributed by atoms with Crippen molar-refractivity contribution >= 4 is 17.6 Å². The highest BCUT2D eigenvalue weighted by Gasteiger charge is 2.16. The second-order valence-corrected chi connectivity index (χ2v) is 5.14. The molecule has 0 aromatic carbocycles. The van der Waals surface area contributed by atoms with Gasteiger partial charge in [-0.05, 0) is 38.5 Å². The summed E-state index contributed by atoms with van der Waals surface area (Å²) in [6, 6.07) is 7.18. The van der Waals surface area contributed by atoms with Crippen LogP contribution in [-0.2, 0) is 4.74 Å². The predicted octanol–water partition coefficient (Wildman–Crippen LogP) is 3.00. The third-order valence-corrected chi connectivity index (χ3v) is 3.22. The van der Waals surface area contributed by atoms with Crippen LogP contribution in [0.4, 0.5) is 0 Å². The second kappa shape index (κ2) is 7.05. The van der Waals surface area contributed by atoms with Gasteiger partial charge in [0.1, 0.15) is 0 Å². The van der Waals surface area contributed by atoms with Gasteiger partial charge in [-0.1, -0.05) is 11.6 Å². The van der Waals surface area contributed by atoms with Crippen molar-refractivity contribution in [2.24, 2.45) is 0 Å². The molecule has 0 saturated carbocycles. The van der Waals surface area contributed by atoms with Crippen LogP contribution in [0.5, 0.6) is 0 Å². The summed E-state index contributed by atoms with van der Waals surface area (Å²) in [6.45, 7) is 3.94. The molecule has 0 aliphatic heterocycles. The van der Waals surface area contributed by atoms with Gasteiger partial charge in [0.05, 0.1) is 23.4 Å². The second-order valence-electron chi connectivity index (χ2n) is 4.74. The van der Waals surface area contributed by atoms with Crippen molar-refractivity contribution in [3.63, 3.8) is 0 Å². The molecule has 2 aromatic heterocycles. The van der Waals surface area contributed by atoms with Crippen molar-refractivity contribution in [1.82, 2.24) is 14.8 Å². The average molecular weight is 319 g/mol. The number of aryl methyl sites for hydroxylation is 2. The van der Waals surface area contributed by atoms with E-state index in [1.165, 1.54) is 0 Å². The fourth-order valence-corrected chi connectivity index (χ4v) is 2.12. The third kappa shape index (κ3) is 3.62. The summed E-state index contributed by atoms with van der Waals surface area (Å²) < 4.78 is 6.71. The van der Waals surface area contributed by atoms with Gasteiger partial charge in [-0.3, -0.25) is 0 Å². The Labute approximate surface area is 133 Å². The molecule has 0 radical (unpaired) electrons. The molecule has 7 heteroatoms. The molecule has 2 aromatic rings. The zero-order valence-electron chi connectivity index (χ0n) is 12.3. The first kappa shape index (κ1) is 16.0. The molecule has 0 N–H and O–H groups in total. The molecule has 0 aliphatic rings. The number of halogens is 1. The molecule has 0 atom stereocenters. The number of hydrogen-bond acceptors (Lipinski definition) is 5. The van der Waals surface area contributed by atoms with Crippen LogP contribution in [0.3, 0.4) is 0 Å². The minimum Gasteiger partial charge on any atom is -0.461 e. The fraction of sp³-hybridized carbons (Fsp3) is 0.333. The number of esters is 1. The SMILES string of the molecule is Cc1cc(C)n(-c2ccc(Cl)c(C(=O)OCCCC#N)n2)n1. The summed E-state index contributed by atoms with van der Waals surface area (Å²) in [4.78, 5) is 16.3. The molecular formula is C15H15ClN4O2. The first-order valence-electron chi connectivity index (χ1n) is 6.77. The Balaban J connectivity index is 2.22. The Kier molecular flexibility index (Phi) is 5.12. The van der Waals surface area contributed by atoms with Gasteiger partial charge in [-0.25, -0.2) is 14.5 Å². The molecule has 0 unspecified atom stereocenters. The average Bonchev–Trinajstić information content (AvgIpc) is 2.82. The van der Waals surface area contributed by atoms with E-state index in [4.69, 9.17) is 21.6 Å². The highest BCUT2D eigenvalue weighted by Crippen LogP contribution is 2.18. The maximum Gasteiger partial charge on any atom is 0.358 e. The lowest BCUT2D eigenvalue weighted by molar-refractivity contribution is 0.0495. The van der Waals surface area contributed by atoms with E-state index in [9.17, 15) is 4.79 Å². The van der Waals surface area contributed by atoms with Crippen molar-refractivity contribution in [2.45, 2.75) is 26.7 Å². The van der Waals surface area contributed by atoms with Gasteiger partial charge < -0.3 is 4.74 Å². The summed E-state index contributed by atoms with van der Waals surface area (Å²) in [7, 11) is 0. The first-order chi connectivity index (χ1) is 10.5. The number of carbonyl (C=O) groups is 1. The minimum absolute atomic E-state index is 0.0451. The lowest BCUT2D eigenvalue weighted by atomic mass is 10.3. The van der Waals surface area contributed by atoms with E-state index in [1.807, 2.05) is 26.0 Å². The zero-order valence-corrected chi connectivity index (χ0v) is 13.1. The van der Waals surface area contributed by atoms with E-state index in [2.05, 4.69) is 10.1 Å². The summed E-state index contributed by atoms with van der Waals surface area (Å²) in [6.07, 6.45) is 0.817. The normalized spacial score (nSPS) is 10.3. The van der Waals surface area contributed by atoms with E-state index < -0.39 is 5.97 Å². The molecule has 2 heterocycles. The van der Waals surface area contributed by atoms with Crippen LogP contribution in [0, 0.1) is 25.2 Å². The van der Waals surface area contributed by atoms with Crippen LogP contribution in [0.1, 0.15) is 34.7 Å². The van der Waals surface area contributed by atoms with Crippen molar-refractivity contribution in [3.8, 4) is 11.9 Å². The highest BCUT2D eigenvalue weighted by atomic mass is 35.5. The molecule has 0 spiro atoms. The molecule has 114 valence electrons. The molecule has 0 amide bonds. The molecule has 22 heavy (non-hydrogen) atoms. The minimum atomic E-state index is -0.605. The molecular weight excluding hydrogens is 304 g/mol. The Morgan fingerprint density at radius 2 is 2.23 bits per heavy atom. The van der Waals surface area contributed by atoms with Crippen molar-refractivity contribution in [3.05, 3.63) is 40.3 Å². The lowest BCUT2D eigenvalue weighted by Gasteiger charge is -2.08. The molecule has 0 fully saturated rings. The van der Waals surface area contributed by atoms with Crippen molar-refractivity contribution in [1.29, 1.82) is 5.26 Å². The van der Waals surface area contributed by atoms with Crippen LogP contribution in [0.2, 0.25) is 5.02 Å². The summed E-state index contributed by atoms with van der Waals surface area (Å²) in [5.41, 5.74) is 1.80.